The maximum absolute atomic E-state index is 12.1. The average molecular weight is 343 g/mol. The number of anilines is 1. The first-order valence-electron chi connectivity index (χ1n) is 7.71. The normalized spacial score (nSPS) is 10.1. The Morgan fingerprint density at radius 1 is 1.00 bits per heavy atom. The van der Waals surface area contributed by atoms with E-state index in [0.717, 1.165) is 11.1 Å². The van der Waals surface area contributed by atoms with Crippen molar-refractivity contribution in [2.45, 2.75) is 13.8 Å². The van der Waals surface area contributed by atoms with Crippen molar-refractivity contribution >= 4 is 17.6 Å². The minimum atomic E-state index is -0.530. The number of hydrogen-bond donors (Lipinski definition) is 1. The highest BCUT2D eigenvalue weighted by atomic mass is 16.5. The first-order chi connectivity index (χ1) is 11.9. The van der Waals surface area contributed by atoms with Crippen LogP contribution >= 0.6 is 0 Å². The van der Waals surface area contributed by atoms with E-state index < -0.39 is 11.9 Å². The minimum absolute atomic E-state index is 0.388. The quantitative estimate of drug-likeness (QED) is 0.816. The number of methoxy groups -OCH3 is 2. The van der Waals surface area contributed by atoms with Gasteiger partial charge in [-0.3, -0.25) is 4.79 Å². The smallest absolute Gasteiger partial charge is 0.338 e. The molecule has 0 aromatic heterocycles. The van der Waals surface area contributed by atoms with Gasteiger partial charge < -0.3 is 19.5 Å². The zero-order chi connectivity index (χ0) is 18.4. The predicted molar refractivity (Wildman–Crippen MR) is 94.4 cm³/mol. The summed E-state index contributed by atoms with van der Waals surface area (Å²) in [5, 5.41) is 2.65. The van der Waals surface area contributed by atoms with Crippen LogP contribution in [0.2, 0.25) is 0 Å². The molecule has 0 radical (unpaired) electrons. The van der Waals surface area contributed by atoms with E-state index in [2.05, 4.69) is 5.32 Å². The topological polar surface area (TPSA) is 73.9 Å². The van der Waals surface area contributed by atoms with E-state index in [4.69, 9.17) is 14.2 Å². The summed E-state index contributed by atoms with van der Waals surface area (Å²) in [7, 11) is 3.03. The van der Waals surface area contributed by atoms with Gasteiger partial charge in [0.05, 0.1) is 25.5 Å². The fourth-order valence-corrected chi connectivity index (χ4v) is 2.25. The average Bonchev–Trinajstić information content (AvgIpc) is 2.62. The Morgan fingerprint density at radius 3 is 2.44 bits per heavy atom. The molecule has 0 saturated carbocycles. The maximum Gasteiger partial charge on any atom is 0.338 e. The molecule has 132 valence electrons. The van der Waals surface area contributed by atoms with Crippen molar-refractivity contribution in [3.05, 3.63) is 53.1 Å². The van der Waals surface area contributed by atoms with Crippen LogP contribution in [0.5, 0.6) is 11.5 Å². The lowest BCUT2D eigenvalue weighted by molar-refractivity contribution is -0.119. The number of hydrogen-bond acceptors (Lipinski definition) is 5. The summed E-state index contributed by atoms with van der Waals surface area (Å²) in [5.74, 6) is 0.0740. The van der Waals surface area contributed by atoms with Gasteiger partial charge in [0.25, 0.3) is 5.91 Å². The van der Waals surface area contributed by atoms with Gasteiger partial charge >= 0.3 is 5.97 Å². The zero-order valence-electron chi connectivity index (χ0n) is 14.7. The summed E-state index contributed by atoms with van der Waals surface area (Å²) < 4.78 is 15.4. The molecule has 0 unspecified atom stereocenters. The Hall–Kier alpha value is -3.02. The van der Waals surface area contributed by atoms with Gasteiger partial charge in [0, 0.05) is 6.07 Å². The van der Waals surface area contributed by atoms with Crippen molar-refractivity contribution in [3.8, 4) is 11.5 Å². The number of nitrogens with one attached hydrogen (secondary N) is 1. The molecule has 1 amide bonds. The molecule has 0 aliphatic carbocycles. The van der Waals surface area contributed by atoms with Crippen molar-refractivity contribution < 1.29 is 23.8 Å². The van der Waals surface area contributed by atoms with E-state index >= 15 is 0 Å². The predicted octanol–water partition coefficient (Wildman–Crippen LogP) is 3.12. The first-order valence-corrected chi connectivity index (χ1v) is 7.71. The summed E-state index contributed by atoms with van der Waals surface area (Å²) in [6.45, 7) is 3.32. The van der Waals surface area contributed by atoms with Crippen LogP contribution in [0.15, 0.2) is 36.4 Å². The highest BCUT2D eigenvalue weighted by molar-refractivity contribution is 5.97. The number of carbonyl (C=O) groups excluding carboxylic acids is 2. The van der Waals surface area contributed by atoms with Crippen LogP contribution in [0.4, 0.5) is 5.69 Å². The fraction of sp³-hybridized carbons (Fsp3) is 0.263. The number of rotatable bonds is 6. The van der Waals surface area contributed by atoms with Crippen molar-refractivity contribution in [2.24, 2.45) is 0 Å². The monoisotopic (exact) mass is 343 g/mol. The number of amides is 1. The van der Waals surface area contributed by atoms with Crippen molar-refractivity contribution in [1.82, 2.24) is 0 Å². The molecule has 0 saturated heterocycles. The lowest BCUT2D eigenvalue weighted by Crippen LogP contribution is -2.21. The Morgan fingerprint density at radius 2 is 1.76 bits per heavy atom. The van der Waals surface area contributed by atoms with Crippen LogP contribution in [0.1, 0.15) is 21.5 Å². The van der Waals surface area contributed by atoms with Gasteiger partial charge in [-0.05, 0) is 37.6 Å². The Balaban J connectivity index is 1.99. The van der Waals surface area contributed by atoms with Gasteiger partial charge in [-0.2, -0.15) is 0 Å². The molecule has 0 atom stereocenters. The number of ether oxygens (including phenoxy) is 3. The van der Waals surface area contributed by atoms with Crippen LogP contribution in [0, 0.1) is 13.8 Å². The molecule has 6 nitrogen and oxygen atoms in total. The number of aryl methyl sites for hydroxylation is 2. The molecule has 2 rings (SSSR count). The van der Waals surface area contributed by atoms with E-state index in [1.165, 1.54) is 7.11 Å². The van der Waals surface area contributed by atoms with E-state index in [9.17, 15) is 9.59 Å². The number of carbonyl (C=O) groups is 2. The third-order valence-corrected chi connectivity index (χ3v) is 3.63. The lowest BCUT2D eigenvalue weighted by atomic mass is 10.1. The maximum atomic E-state index is 12.1. The molecule has 0 aliphatic rings. The molecule has 1 N–H and O–H groups in total. The van der Waals surface area contributed by atoms with Gasteiger partial charge in [-0.15, -0.1) is 0 Å². The summed E-state index contributed by atoms with van der Waals surface area (Å²) in [6.07, 6.45) is 0. The molecule has 25 heavy (non-hydrogen) atoms. The Bertz CT molecular complexity index is 785. The standard InChI is InChI=1S/C19H21NO5/c1-12-5-6-13(2)15(9-12)19(22)25-11-18(21)20-16-8-7-14(23-3)10-17(16)24-4/h5-10H,11H2,1-4H3,(H,20,21). The molecule has 0 aliphatic heterocycles. The van der Waals surface area contributed by atoms with Crippen molar-refractivity contribution in [3.63, 3.8) is 0 Å². The third-order valence-electron chi connectivity index (χ3n) is 3.63. The number of esters is 1. The van der Waals surface area contributed by atoms with Crippen molar-refractivity contribution in [1.29, 1.82) is 0 Å². The Labute approximate surface area is 146 Å². The zero-order valence-corrected chi connectivity index (χ0v) is 14.7. The van der Waals surface area contributed by atoms with Gasteiger partial charge in [0.1, 0.15) is 11.5 Å². The molecule has 6 heteroatoms. The van der Waals surface area contributed by atoms with Gasteiger partial charge in [-0.25, -0.2) is 4.79 Å². The molecular formula is C19H21NO5. The molecule has 2 aromatic carbocycles. The molecule has 0 spiro atoms. The molecule has 0 fully saturated rings. The fourth-order valence-electron chi connectivity index (χ4n) is 2.25. The third kappa shape index (κ3) is 4.73. The van der Waals surface area contributed by atoms with Crippen LogP contribution in [-0.4, -0.2) is 32.7 Å². The molecule has 0 bridgehead atoms. The lowest BCUT2D eigenvalue weighted by Gasteiger charge is -2.12. The summed E-state index contributed by atoms with van der Waals surface area (Å²) in [6, 6.07) is 10.5. The second-order valence-corrected chi connectivity index (χ2v) is 5.51. The van der Waals surface area contributed by atoms with Crippen LogP contribution in [0.25, 0.3) is 0 Å². The Kier molecular flexibility index (Phi) is 6.00. The van der Waals surface area contributed by atoms with Gasteiger partial charge in [0.15, 0.2) is 6.61 Å². The van der Waals surface area contributed by atoms with E-state index in [1.807, 2.05) is 26.0 Å². The highest BCUT2D eigenvalue weighted by Gasteiger charge is 2.14. The van der Waals surface area contributed by atoms with Crippen LogP contribution in [-0.2, 0) is 9.53 Å². The summed E-state index contributed by atoms with van der Waals surface area (Å²) in [4.78, 5) is 24.2. The molecule has 0 heterocycles. The van der Waals surface area contributed by atoms with E-state index in [1.54, 1.807) is 31.4 Å². The SMILES string of the molecule is COc1ccc(NC(=O)COC(=O)c2cc(C)ccc2C)c(OC)c1. The van der Waals surface area contributed by atoms with Crippen molar-refractivity contribution in [2.75, 3.05) is 26.1 Å². The van der Waals surface area contributed by atoms with Crippen LogP contribution in [0.3, 0.4) is 0 Å². The first kappa shape index (κ1) is 18.3. The largest absolute Gasteiger partial charge is 0.497 e. The second kappa shape index (κ2) is 8.19. The van der Waals surface area contributed by atoms with Gasteiger partial charge in [-0.1, -0.05) is 17.7 Å². The number of benzene rings is 2. The summed E-state index contributed by atoms with van der Waals surface area (Å²) >= 11 is 0. The minimum Gasteiger partial charge on any atom is -0.497 e. The summed E-state index contributed by atoms with van der Waals surface area (Å²) in [5.41, 5.74) is 2.67. The van der Waals surface area contributed by atoms with E-state index in [0.29, 0.717) is 22.7 Å². The van der Waals surface area contributed by atoms with E-state index in [-0.39, 0.29) is 6.61 Å². The molecule has 2 aromatic rings. The second-order valence-electron chi connectivity index (χ2n) is 5.51. The van der Waals surface area contributed by atoms with Crippen LogP contribution < -0.4 is 14.8 Å². The van der Waals surface area contributed by atoms with Gasteiger partial charge in [0.2, 0.25) is 0 Å². The highest BCUT2D eigenvalue weighted by Crippen LogP contribution is 2.28. The molecular weight excluding hydrogens is 322 g/mol.